The van der Waals surface area contributed by atoms with Crippen LogP contribution in [0.1, 0.15) is 23.8 Å². The Labute approximate surface area is 123 Å². The second-order valence-corrected chi connectivity index (χ2v) is 4.46. The smallest absolute Gasteiger partial charge is 0.361 e. The molecule has 108 valence electrons. The van der Waals surface area contributed by atoms with Crippen molar-refractivity contribution in [2.24, 2.45) is 0 Å². The van der Waals surface area contributed by atoms with Gasteiger partial charge in [-0.15, -0.1) is 10.2 Å². The molecule has 0 saturated carbocycles. The normalized spacial score (nSPS) is 10.1. The van der Waals surface area contributed by atoms with E-state index in [2.05, 4.69) is 16.3 Å². The third kappa shape index (κ3) is 3.08. The first-order valence-electron chi connectivity index (χ1n) is 6.69. The number of carbonyl (C=O) groups excluding carboxylic acids is 1. The van der Waals surface area contributed by atoms with Crippen LogP contribution in [0.15, 0.2) is 24.3 Å². The van der Waals surface area contributed by atoms with Crippen molar-refractivity contribution in [3.05, 3.63) is 30.0 Å². The van der Waals surface area contributed by atoms with Crippen molar-refractivity contribution in [2.75, 3.05) is 25.1 Å². The van der Waals surface area contributed by atoms with Crippen molar-refractivity contribution in [2.45, 2.75) is 13.3 Å². The molecule has 21 heavy (non-hydrogen) atoms. The molecule has 0 aliphatic heterocycles. The van der Waals surface area contributed by atoms with Crippen molar-refractivity contribution in [3.8, 4) is 6.07 Å². The molecule has 0 fully saturated rings. The van der Waals surface area contributed by atoms with E-state index in [1.807, 2.05) is 36.2 Å². The summed E-state index contributed by atoms with van der Waals surface area (Å²) in [7, 11) is 1.82. The molecular weight excluding hydrogens is 268 g/mol. The number of fused-ring (bicyclic) bond motifs is 1. The van der Waals surface area contributed by atoms with E-state index in [9.17, 15) is 4.79 Å². The molecule has 0 saturated heterocycles. The fourth-order valence-electron chi connectivity index (χ4n) is 2.09. The average molecular weight is 284 g/mol. The van der Waals surface area contributed by atoms with Gasteiger partial charge in [-0.05, 0) is 13.0 Å². The molecule has 0 amide bonds. The van der Waals surface area contributed by atoms with Gasteiger partial charge in [-0.3, -0.25) is 0 Å². The molecule has 0 unspecified atom stereocenters. The van der Waals surface area contributed by atoms with Crippen LogP contribution in [0.4, 0.5) is 5.69 Å². The van der Waals surface area contributed by atoms with Gasteiger partial charge in [0.25, 0.3) is 0 Å². The topological polar surface area (TPSA) is 79.1 Å². The highest BCUT2D eigenvalue weighted by Crippen LogP contribution is 2.28. The molecule has 1 aromatic carbocycles. The van der Waals surface area contributed by atoms with Crippen LogP contribution in [-0.4, -0.2) is 36.4 Å². The number of esters is 1. The van der Waals surface area contributed by atoms with E-state index in [0.29, 0.717) is 24.2 Å². The van der Waals surface area contributed by atoms with Gasteiger partial charge < -0.3 is 9.64 Å². The lowest BCUT2D eigenvalue weighted by atomic mass is 10.1. The number of anilines is 1. The number of hydrogen-bond donors (Lipinski definition) is 0. The second-order valence-electron chi connectivity index (χ2n) is 4.46. The van der Waals surface area contributed by atoms with Crippen LogP contribution < -0.4 is 4.90 Å². The maximum absolute atomic E-state index is 12.1. The third-order valence-corrected chi connectivity index (χ3v) is 3.05. The molecule has 2 aromatic rings. The number of rotatable bonds is 5. The SMILES string of the molecule is CCOC(=O)c1nnc2ccccc2c1N(C)CCC#N. The Kier molecular flexibility index (Phi) is 4.67. The van der Waals surface area contributed by atoms with Crippen LogP contribution in [0.3, 0.4) is 0 Å². The molecule has 0 atom stereocenters. The van der Waals surface area contributed by atoms with E-state index >= 15 is 0 Å². The van der Waals surface area contributed by atoms with Gasteiger partial charge in [0.2, 0.25) is 0 Å². The summed E-state index contributed by atoms with van der Waals surface area (Å²) in [6.07, 6.45) is 0.357. The summed E-state index contributed by atoms with van der Waals surface area (Å²) in [6, 6.07) is 9.55. The second kappa shape index (κ2) is 6.66. The van der Waals surface area contributed by atoms with Gasteiger partial charge in [-0.2, -0.15) is 5.26 Å². The number of benzene rings is 1. The van der Waals surface area contributed by atoms with E-state index < -0.39 is 5.97 Å². The predicted octanol–water partition coefficient (Wildman–Crippen LogP) is 2.16. The standard InChI is InChI=1S/C15H16N4O2/c1-3-21-15(20)13-14(19(2)10-6-9-16)11-7-4-5-8-12(11)17-18-13/h4-5,7-8H,3,6,10H2,1-2H3. The van der Waals surface area contributed by atoms with Gasteiger partial charge >= 0.3 is 5.97 Å². The van der Waals surface area contributed by atoms with Crippen LogP contribution in [0.5, 0.6) is 0 Å². The summed E-state index contributed by atoms with van der Waals surface area (Å²) in [5.41, 5.74) is 1.52. The molecule has 2 rings (SSSR count). The lowest BCUT2D eigenvalue weighted by Gasteiger charge is -2.21. The summed E-state index contributed by atoms with van der Waals surface area (Å²) in [6.45, 7) is 2.51. The first-order valence-corrected chi connectivity index (χ1v) is 6.69. The molecule has 1 heterocycles. The summed E-state index contributed by atoms with van der Waals surface area (Å²) < 4.78 is 5.04. The van der Waals surface area contributed by atoms with Crippen LogP contribution in [0.2, 0.25) is 0 Å². The third-order valence-electron chi connectivity index (χ3n) is 3.05. The zero-order valence-corrected chi connectivity index (χ0v) is 12.0. The number of aromatic nitrogens is 2. The summed E-state index contributed by atoms with van der Waals surface area (Å²) in [5.74, 6) is -0.505. The molecule has 6 nitrogen and oxygen atoms in total. The van der Waals surface area contributed by atoms with E-state index in [-0.39, 0.29) is 12.3 Å². The molecule has 0 N–H and O–H groups in total. The molecule has 0 aliphatic carbocycles. The zero-order chi connectivity index (χ0) is 15.2. The van der Waals surface area contributed by atoms with Gasteiger partial charge in [0.15, 0.2) is 5.69 Å². The zero-order valence-electron chi connectivity index (χ0n) is 12.0. The Balaban J connectivity index is 2.57. The quantitative estimate of drug-likeness (QED) is 0.783. The van der Waals surface area contributed by atoms with Gasteiger partial charge in [0.05, 0.1) is 30.3 Å². The lowest BCUT2D eigenvalue weighted by Crippen LogP contribution is -2.23. The maximum atomic E-state index is 12.1. The van der Waals surface area contributed by atoms with E-state index in [1.54, 1.807) is 6.92 Å². The molecule has 0 bridgehead atoms. The molecule has 0 radical (unpaired) electrons. The lowest BCUT2D eigenvalue weighted by molar-refractivity contribution is 0.0519. The minimum atomic E-state index is -0.505. The molecule has 0 aliphatic rings. The molecule has 1 aromatic heterocycles. The maximum Gasteiger partial charge on any atom is 0.361 e. The summed E-state index contributed by atoms with van der Waals surface area (Å²) in [4.78, 5) is 13.9. The van der Waals surface area contributed by atoms with Gasteiger partial charge in [0.1, 0.15) is 0 Å². The molecule has 0 spiro atoms. The van der Waals surface area contributed by atoms with Crippen molar-refractivity contribution < 1.29 is 9.53 Å². The minimum Gasteiger partial charge on any atom is -0.461 e. The largest absolute Gasteiger partial charge is 0.461 e. The predicted molar refractivity (Wildman–Crippen MR) is 79.0 cm³/mol. The number of carbonyl (C=O) groups is 1. The highest BCUT2D eigenvalue weighted by atomic mass is 16.5. The van der Waals surface area contributed by atoms with Crippen molar-refractivity contribution in [3.63, 3.8) is 0 Å². The van der Waals surface area contributed by atoms with Crippen LogP contribution in [0.25, 0.3) is 10.9 Å². The Morgan fingerprint density at radius 2 is 2.14 bits per heavy atom. The minimum absolute atomic E-state index is 0.177. The first-order chi connectivity index (χ1) is 10.2. The molecular formula is C15H16N4O2. The Morgan fingerprint density at radius 1 is 1.38 bits per heavy atom. The van der Waals surface area contributed by atoms with Crippen molar-refractivity contribution >= 4 is 22.6 Å². The van der Waals surface area contributed by atoms with E-state index in [0.717, 1.165) is 5.39 Å². The van der Waals surface area contributed by atoms with E-state index in [4.69, 9.17) is 10.00 Å². The monoisotopic (exact) mass is 284 g/mol. The molecule has 6 heteroatoms. The van der Waals surface area contributed by atoms with Crippen molar-refractivity contribution in [1.82, 2.24) is 10.2 Å². The van der Waals surface area contributed by atoms with Crippen LogP contribution in [-0.2, 0) is 4.74 Å². The Bertz CT molecular complexity index is 694. The van der Waals surface area contributed by atoms with Gasteiger partial charge in [-0.1, -0.05) is 18.2 Å². The van der Waals surface area contributed by atoms with Crippen molar-refractivity contribution in [1.29, 1.82) is 5.26 Å². The number of hydrogen-bond acceptors (Lipinski definition) is 6. The number of nitrogens with zero attached hydrogens (tertiary/aromatic N) is 4. The highest BCUT2D eigenvalue weighted by Gasteiger charge is 2.21. The van der Waals surface area contributed by atoms with Gasteiger partial charge in [0, 0.05) is 19.0 Å². The fraction of sp³-hybridized carbons (Fsp3) is 0.333. The summed E-state index contributed by atoms with van der Waals surface area (Å²) >= 11 is 0. The number of ether oxygens (including phenoxy) is 1. The van der Waals surface area contributed by atoms with Crippen LogP contribution >= 0.6 is 0 Å². The Hall–Kier alpha value is -2.68. The first kappa shape index (κ1) is 14.7. The number of nitriles is 1. The summed E-state index contributed by atoms with van der Waals surface area (Å²) in [5, 5.41) is 17.6. The van der Waals surface area contributed by atoms with E-state index in [1.165, 1.54) is 0 Å². The average Bonchev–Trinajstić information content (AvgIpc) is 2.51. The highest BCUT2D eigenvalue weighted by molar-refractivity contribution is 6.03. The van der Waals surface area contributed by atoms with Gasteiger partial charge in [-0.25, -0.2) is 4.79 Å². The fourth-order valence-corrected chi connectivity index (χ4v) is 2.09. The Morgan fingerprint density at radius 3 is 2.86 bits per heavy atom. The van der Waals surface area contributed by atoms with Crippen LogP contribution in [0, 0.1) is 11.3 Å².